The Balaban J connectivity index is 1.67. The van der Waals surface area contributed by atoms with E-state index in [0.717, 1.165) is 18.5 Å². The number of amides is 1. The summed E-state index contributed by atoms with van der Waals surface area (Å²) < 4.78 is 13.2. The van der Waals surface area contributed by atoms with Gasteiger partial charge in [-0.3, -0.25) is 9.78 Å². The fraction of sp³-hybridized carbons (Fsp3) is 0.368. The average molecular weight is 362 g/mol. The minimum atomic E-state index is -0.518. The van der Waals surface area contributed by atoms with Gasteiger partial charge in [-0.1, -0.05) is 37.3 Å². The Morgan fingerprint density at radius 3 is 2.56 bits per heavy atom. The zero-order valence-corrected chi connectivity index (χ0v) is 14.7. The summed E-state index contributed by atoms with van der Waals surface area (Å²) in [7, 11) is 0. The SMILES string of the molecule is O=C(Nc1ccc(F)c(Cl)c1)c1cncc(NC2CCCCCC2)c1. The van der Waals surface area contributed by atoms with Crippen molar-refractivity contribution in [3.05, 3.63) is 53.1 Å². The summed E-state index contributed by atoms with van der Waals surface area (Å²) in [6, 6.07) is 6.30. The van der Waals surface area contributed by atoms with Crippen LogP contribution in [0.3, 0.4) is 0 Å². The van der Waals surface area contributed by atoms with Crippen molar-refractivity contribution in [3.8, 4) is 0 Å². The maximum absolute atomic E-state index is 13.2. The molecule has 1 saturated carbocycles. The van der Waals surface area contributed by atoms with Crippen LogP contribution >= 0.6 is 11.6 Å². The highest BCUT2D eigenvalue weighted by Crippen LogP contribution is 2.22. The normalized spacial score (nSPS) is 15.4. The van der Waals surface area contributed by atoms with E-state index in [1.54, 1.807) is 12.3 Å². The lowest BCUT2D eigenvalue weighted by Crippen LogP contribution is -2.19. The van der Waals surface area contributed by atoms with Crippen molar-refractivity contribution in [3.63, 3.8) is 0 Å². The number of hydrogen-bond donors (Lipinski definition) is 2. The lowest BCUT2D eigenvalue weighted by atomic mass is 10.1. The standard InChI is InChI=1S/C19H21ClFN3O/c20-17-10-15(7-8-18(17)21)24-19(25)13-9-16(12-22-11-13)23-14-5-3-1-2-4-6-14/h7-12,14,23H,1-6H2,(H,24,25). The number of anilines is 2. The summed E-state index contributed by atoms with van der Waals surface area (Å²) in [6.45, 7) is 0. The van der Waals surface area contributed by atoms with E-state index in [0.29, 0.717) is 17.3 Å². The number of halogens is 2. The van der Waals surface area contributed by atoms with E-state index < -0.39 is 5.82 Å². The quantitative estimate of drug-likeness (QED) is 0.730. The fourth-order valence-electron chi connectivity index (χ4n) is 3.08. The Bertz CT molecular complexity index is 745. The van der Waals surface area contributed by atoms with Crippen molar-refractivity contribution in [1.82, 2.24) is 4.98 Å². The molecule has 0 spiro atoms. The van der Waals surface area contributed by atoms with Gasteiger partial charge in [0.05, 0.1) is 16.3 Å². The number of hydrogen-bond acceptors (Lipinski definition) is 3. The molecular weight excluding hydrogens is 341 g/mol. The molecular formula is C19H21ClFN3O. The number of carbonyl (C=O) groups excluding carboxylic acids is 1. The Hall–Kier alpha value is -2.14. The van der Waals surface area contributed by atoms with E-state index >= 15 is 0 Å². The molecule has 1 amide bonds. The van der Waals surface area contributed by atoms with E-state index in [2.05, 4.69) is 15.6 Å². The molecule has 1 aliphatic rings. The Morgan fingerprint density at radius 1 is 1.08 bits per heavy atom. The molecule has 1 aliphatic carbocycles. The predicted molar refractivity (Wildman–Crippen MR) is 98.7 cm³/mol. The van der Waals surface area contributed by atoms with E-state index in [1.165, 1.54) is 50.1 Å². The van der Waals surface area contributed by atoms with Crippen LogP contribution in [-0.2, 0) is 0 Å². The van der Waals surface area contributed by atoms with Gasteiger partial charge >= 0.3 is 0 Å². The molecule has 1 fully saturated rings. The van der Waals surface area contributed by atoms with Crippen LogP contribution in [0.5, 0.6) is 0 Å². The van der Waals surface area contributed by atoms with Gasteiger partial charge in [-0.2, -0.15) is 0 Å². The van der Waals surface area contributed by atoms with Crippen LogP contribution in [0, 0.1) is 5.82 Å². The summed E-state index contributed by atoms with van der Waals surface area (Å²) in [6.07, 6.45) is 10.6. The molecule has 0 atom stereocenters. The highest BCUT2D eigenvalue weighted by atomic mass is 35.5. The molecule has 6 heteroatoms. The van der Waals surface area contributed by atoms with Crippen LogP contribution in [-0.4, -0.2) is 16.9 Å². The van der Waals surface area contributed by atoms with E-state index in [4.69, 9.17) is 11.6 Å². The third-order valence-electron chi connectivity index (χ3n) is 4.40. The van der Waals surface area contributed by atoms with Crippen LogP contribution in [0.25, 0.3) is 0 Å². The zero-order chi connectivity index (χ0) is 17.6. The van der Waals surface area contributed by atoms with Gasteiger partial charge in [0, 0.05) is 24.1 Å². The highest BCUT2D eigenvalue weighted by molar-refractivity contribution is 6.31. The summed E-state index contributed by atoms with van der Waals surface area (Å²) in [5.41, 5.74) is 1.73. The molecule has 0 aliphatic heterocycles. The third kappa shape index (κ3) is 4.92. The number of rotatable bonds is 4. The number of pyridine rings is 1. The molecule has 2 N–H and O–H groups in total. The van der Waals surface area contributed by atoms with Crippen LogP contribution in [0.2, 0.25) is 5.02 Å². The Labute approximate surface area is 151 Å². The number of benzene rings is 1. The van der Waals surface area contributed by atoms with Gasteiger partial charge in [0.15, 0.2) is 0 Å². The molecule has 4 nitrogen and oxygen atoms in total. The minimum Gasteiger partial charge on any atom is -0.381 e. The average Bonchev–Trinajstić information content (AvgIpc) is 2.87. The molecule has 0 unspecified atom stereocenters. The predicted octanol–water partition coefficient (Wildman–Crippen LogP) is 5.26. The second-order valence-corrected chi connectivity index (χ2v) is 6.79. The summed E-state index contributed by atoms with van der Waals surface area (Å²) in [5, 5.41) is 6.16. The van der Waals surface area contributed by atoms with Crippen molar-refractivity contribution < 1.29 is 9.18 Å². The van der Waals surface area contributed by atoms with Crippen LogP contribution < -0.4 is 10.6 Å². The van der Waals surface area contributed by atoms with Gasteiger partial charge in [-0.15, -0.1) is 0 Å². The van der Waals surface area contributed by atoms with Gasteiger partial charge in [0.2, 0.25) is 0 Å². The van der Waals surface area contributed by atoms with Crippen LogP contribution in [0.15, 0.2) is 36.7 Å². The maximum Gasteiger partial charge on any atom is 0.257 e. The van der Waals surface area contributed by atoms with E-state index in [1.807, 2.05) is 0 Å². The lowest BCUT2D eigenvalue weighted by molar-refractivity contribution is 0.102. The summed E-state index contributed by atoms with van der Waals surface area (Å²) in [4.78, 5) is 16.6. The zero-order valence-electron chi connectivity index (χ0n) is 13.9. The van der Waals surface area contributed by atoms with E-state index in [-0.39, 0.29) is 10.9 Å². The van der Waals surface area contributed by atoms with Gasteiger partial charge in [-0.25, -0.2) is 4.39 Å². The molecule has 0 bridgehead atoms. The van der Waals surface area contributed by atoms with Crippen LogP contribution in [0.4, 0.5) is 15.8 Å². The molecule has 1 aromatic heterocycles. The van der Waals surface area contributed by atoms with Gasteiger partial charge < -0.3 is 10.6 Å². The minimum absolute atomic E-state index is 0.0281. The second kappa shape index (κ2) is 8.30. The molecule has 1 heterocycles. The molecule has 1 aromatic carbocycles. The number of nitrogens with zero attached hydrogens (tertiary/aromatic N) is 1. The van der Waals surface area contributed by atoms with Crippen LogP contribution in [0.1, 0.15) is 48.9 Å². The molecule has 0 saturated heterocycles. The molecule has 2 aromatic rings. The van der Waals surface area contributed by atoms with Crippen molar-refractivity contribution >= 4 is 28.9 Å². The maximum atomic E-state index is 13.2. The largest absolute Gasteiger partial charge is 0.381 e. The number of carbonyl (C=O) groups is 1. The number of aromatic nitrogens is 1. The first-order chi connectivity index (χ1) is 12.1. The lowest BCUT2D eigenvalue weighted by Gasteiger charge is -2.17. The van der Waals surface area contributed by atoms with Crippen molar-refractivity contribution in [2.24, 2.45) is 0 Å². The van der Waals surface area contributed by atoms with Crippen molar-refractivity contribution in [1.29, 1.82) is 0 Å². The first-order valence-corrected chi connectivity index (χ1v) is 8.97. The molecule has 3 rings (SSSR count). The first kappa shape index (κ1) is 17.7. The van der Waals surface area contributed by atoms with Gasteiger partial charge in [-0.05, 0) is 37.1 Å². The van der Waals surface area contributed by atoms with Crippen molar-refractivity contribution in [2.45, 2.75) is 44.6 Å². The Kier molecular flexibility index (Phi) is 5.87. The smallest absolute Gasteiger partial charge is 0.257 e. The molecule has 132 valence electrons. The van der Waals surface area contributed by atoms with Gasteiger partial charge in [0.1, 0.15) is 5.82 Å². The number of nitrogens with one attached hydrogen (secondary N) is 2. The van der Waals surface area contributed by atoms with Crippen molar-refractivity contribution in [2.75, 3.05) is 10.6 Å². The highest BCUT2D eigenvalue weighted by Gasteiger charge is 2.14. The fourth-order valence-corrected chi connectivity index (χ4v) is 3.26. The Morgan fingerprint density at radius 2 is 1.84 bits per heavy atom. The first-order valence-electron chi connectivity index (χ1n) is 8.60. The monoisotopic (exact) mass is 361 g/mol. The van der Waals surface area contributed by atoms with E-state index in [9.17, 15) is 9.18 Å². The summed E-state index contributed by atoms with van der Waals surface area (Å²) in [5.74, 6) is -0.823. The summed E-state index contributed by atoms with van der Waals surface area (Å²) >= 11 is 5.74. The van der Waals surface area contributed by atoms with Gasteiger partial charge in [0.25, 0.3) is 5.91 Å². The molecule has 25 heavy (non-hydrogen) atoms. The third-order valence-corrected chi connectivity index (χ3v) is 4.69. The topological polar surface area (TPSA) is 54.0 Å². The second-order valence-electron chi connectivity index (χ2n) is 6.38. The molecule has 0 radical (unpaired) electrons.